The van der Waals surface area contributed by atoms with Crippen LogP contribution in [-0.4, -0.2) is 17.3 Å². The normalized spacial score (nSPS) is 12.0. The molecule has 13 heavy (non-hydrogen) atoms. The molecule has 3 heteroatoms. The van der Waals surface area contributed by atoms with Gasteiger partial charge in [0.15, 0.2) is 0 Å². The molecule has 1 rings (SSSR count). The molecule has 0 saturated carbocycles. The molecule has 0 aromatic carbocycles. The Hall–Kier alpha value is -0.380. The van der Waals surface area contributed by atoms with Crippen LogP contribution in [0.5, 0.6) is 0 Å². The van der Waals surface area contributed by atoms with E-state index in [-0.39, 0.29) is 0 Å². The van der Waals surface area contributed by atoms with E-state index in [1.165, 1.54) is 11.1 Å². The molecule has 2 N–H and O–H groups in total. The second-order valence-electron chi connectivity index (χ2n) is 4.00. The summed E-state index contributed by atoms with van der Waals surface area (Å²) in [5, 5.41) is 17.0. The van der Waals surface area contributed by atoms with Crippen LogP contribution in [0.15, 0.2) is 10.8 Å². The van der Waals surface area contributed by atoms with Crippen molar-refractivity contribution < 1.29 is 5.11 Å². The third-order valence-corrected chi connectivity index (χ3v) is 2.74. The van der Waals surface area contributed by atoms with Gasteiger partial charge in [-0.3, -0.25) is 0 Å². The van der Waals surface area contributed by atoms with E-state index >= 15 is 0 Å². The van der Waals surface area contributed by atoms with E-state index in [9.17, 15) is 5.11 Å². The molecule has 0 saturated heterocycles. The first-order valence-corrected chi connectivity index (χ1v) is 5.38. The summed E-state index contributed by atoms with van der Waals surface area (Å²) in [6.45, 7) is 7.19. The number of aliphatic hydroxyl groups is 1. The maximum atomic E-state index is 9.46. The topological polar surface area (TPSA) is 32.3 Å². The van der Waals surface area contributed by atoms with Crippen molar-refractivity contribution in [3.8, 4) is 0 Å². The third-order valence-electron chi connectivity index (χ3n) is 1.83. The fourth-order valence-corrected chi connectivity index (χ4v) is 1.93. The minimum Gasteiger partial charge on any atom is -0.389 e. The van der Waals surface area contributed by atoms with Gasteiger partial charge >= 0.3 is 0 Å². The second-order valence-corrected chi connectivity index (χ2v) is 4.74. The Balaban J connectivity index is 2.32. The van der Waals surface area contributed by atoms with Gasteiger partial charge in [-0.15, -0.1) is 0 Å². The van der Waals surface area contributed by atoms with Gasteiger partial charge in [-0.25, -0.2) is 0 Å². The van der Waals surface area contributed by atoms with Crippen LogP contribution in [0.1, 0.15) is 25.0 Å². The molecule has 0 aliphatic rings. The van der Waals surface area contributed by atoms with Crippen molar-refractivity contribution in [1.82, 2.24) is 5.32 Å². The number of rotatable bonds is 4. The first-order chi connectivity index (χ1) is 5.99. The lowest BCUT2D eigenvalue weighted by molar-refractivity contribution is 0.0795. The fraction of sp³-hybridized carbons (Fsp3) is 0.600. The average molecular weight is 199 g/mol. The lowest BCUT2D eigenvalue weighted by Gasteiger charge is -2.17. The van der Waals surface area contributed by atoms with Crippen LogP contribution in [0.25, 0.3) is 0 Å². The summed E-state index contributed by atoms with van der Waals surface area (Å²) in [7, 11) is 0. The second kappa shape index (κ2) is 4.22. The van der Waals surface area contributed by atoms with E-state index in [0.717, 1.165) is 6.54 Å². The maximum Gasteiger partial charge on any atom is 0.0715 e. The van der Waals surface area contributed by atoms with Gasteiger partial charge in [0.1, 0.15) is 0 Å². The molecule has 0 bridgehead atoms. The Morgan fingerprint density at radius 2 is 2.15 bits per heavy atom. The predicted molar refractivity (Wildman–Crippen MR) is 57.1 cm³/mol. The average Bonchev–Trinajstić information content (AvgIpc) is 2.34. The van der Waals surface area contributed by atoms with Crippen molar-refractivity contribution in [1.29, 1.82) is 0 Å². The molecule has 0 fully saturated rings. The smallest absolute Gasteiger partial charge is 0.0715 e. The Morgan fingerprint density at radius 3 is 2.62 bits per heavy atom. The molecular weight excluding hydrogens is 182 g/mol. The number of hydrogen-bond acceptors (Lipinski definition) is 3. The summed E-state index contributed by atoms with van der Waals surface area (Å²) < 4.78 is 0. The summed E-state index contributed by atoms with van der Waals surface area (Å²) in [4.78, 5) is 0. The zero-order valence-corrected chi connectivity index (χ0v) is 9.24. The zero-order chi connectivity index (χ0) is 9.90. The van der Waals surface area contributed by atoms with Crippen LogP contribution in [0, 0.1) is 6.92 Å². The van der Waals surface area contributed by atoms with Gasteiger partial charge in [0, 0.05) is 13.1 Å². The summed E-state index contributed by atoms with van der Waals surface area (Å²) in [5.74, 6) is 0. The highest BCUT2D eigenvalue weighted by atomic mass is 32.1. The predicted octanol–water partition coefficient (Wildman–Crippen LogP) is 1.92. The molecule has 2 nitrogen and oxygen atoms in total. The number of hydrogen-bond donors (Lipinski definition) is 2. The van der Waals surface area contributed by atoms with E-state index in [0.29, 0.717) is 6.54 Å². The van der Waals surface area contributed by atoms with Crippen molar-refractivity contribution in [2.45, 2.75) is 32.9 Å². The Kier molecular flexibility index (Phi) is 3.47. The highest BCUT2D eigenvalue weighted by Crippen LogP contribution is 2.13. The SMILES string of the molecule is Cc1cscc1CNCC(C)(C)O. The molecule has 0 unspecified atom stereocenters. The molecule has 0 atom stereocenters. The number of aryl methyl sites for hydroxylation is 1. The summed E-state index contributed by atoms with van der Waals surface area (Å²) in [6.07, 6.45) is 0. The van der Waals surface area contributed by atoms with Crippen molar-refractivity contribution in [3.63, 3.8) is 0 Å². The van der Waals surface area contributed by atoms with Crippen LogP contribution >= 0.6 is 11.3 Å². The van der Waals surface area contributed by atoms with Gasteiger partial charge in [-0.05, 0) is 42.7 Å². The van der Waals surface area contributed by atoms with Crippen molar-refractivity contribution in [2.75, 3.05) is 6.54 Å². The maximum absolute atomic E-state index is 9.46. The summed E-state index contributed by atoms with van der Waals surface area (Å²) in [6, 6.07) is 0. The van der Waals surface area contributed by atoms with E-state index in [1.807, 2.05) is 0 Å². The first-order valence-electron chi connectivity index (χ1n) is 4.44. The highest BCUT2D eigenvalue weighted by Gasteiger charge is 2.11. The number of nitrogens with one attached hydrogen (secondary N) is 1. The summed E-state index contributed by atoms with van der Waals surface area (Å²) in [5.41, 5.74) is 2.03. The lowest BCUT2D eigenvalue weighted by atomic mass is 10.1. The standard InChI is InChI=1S/C10H17NOS/c1-8-5-13-6-9(8)4-11-7-10(2,3)12/h5-6,11-12H,4,7H2,1-3H3. The monoisotopic (exact) mass is 199 g/mol. The van der Waals surface area contributed by atoms with Crippen LogP contribution in [0.4, 0.5) is 0 Å². The first kappa shape index (κ1) is 10.7. The molecule has 1 heterocycles. The van der Waals surface area contributed by atoms with Gasteiger partial charge in [0.05, 0.1) is 5.60 Å². The molecule has 0 radical (unpaired) electrons. The fourth-order valence-electron chi connectivity index (χ4n) is 1.07. The van der Waals surface area contributed by atoms with E-state index in [2.05, 4.69) is 23.0 Å². The van der Waals surface area contributed by atoms with Crippen LogP contribution < -0.4 is 5.32 Å². The Bertz CT molecular complexity index is 262. The molecule has 1 aromatic heterocycles. The van der Waals surface area contributed by atoms with Gasteiger partial charge in [-0.1, -0.05) is 0 Å². The molecule has 74 valence electrons. The van der Waals surface area contributed by atoms with E-state index in [4.69, 9.17) is 0 Å². The lowest BCUT2D eigenvalue weighted by Crippen LogP contribution is -2.34. The van der Waals surface area contributed by atoms with Crippen molar-refractivity contribution in [3.05, 3.63) is 21.9 Å². The molecule has 1 aromatic rings. The third kappa shape index (κ3) is 3.89. The van der Waals surface area contributed by atoms with Gasteiger partial charge < -0.3 is 10.4 Å². The largest absolute Gasteiger partial charge is 0.389 e. The van der Waals surface area contributed by atoms with Crippen LogP contribution in [-0.2, 0) is 6.54 Å². The van der Waals surface area contributed by atoms with E-state index in [1.54, 1.807) is 25.2 Å². The van der Waals surface area contributed by atoms with Gasteiger partial charge in [0.2, 0.25) is 0 Å². The quantitative estimate of drug-likeness (QED) is 0.776. The Morgan fingerprint density at radius 1 is 1.46 bits per heavy atom. The number of thiophene rings is 1. The van der Waals surface area contributed by atoms with Gasteiger partial charge in [-0.2, -0.15) is 11.3 Å². The Labute approximate surface area is 83.6 Å². The van der Waals surface area contributed by atoms with E-state index < -0.39 is 5.60 Å². The zero-order valence-electron chi connectivity index (χ0n) is 8.42. The van der Waals surface area contributed by atoms with Crippen LogP contribution in [0.2, 0.25) is 0 Å². The molecule has 0 aliphatic heterocycles. The minimum absolute atomic E-state index is 0.621. The summed E-state index contributed by atoms with van der Waals surface area (Å²) >= 11 is 1.72. The molecule has 0 aliphatic carbocycles. The van der Waals surface area contributed by atoms with Crippen LogP contribution in [0.3, 0.4) is 0 Å². The highest BCUT2D eigenvalue weighted by molar-refractivity contribution is 7.08. The molecule has 0 spiro atoms. The molecule has 0 amide bonds. The van der Waals surface area contributed by atoms with Crippen molar-refractivity contribution >= 4 is 11.3 Å². The van der Waals surface area contributed by atoms with Crippen molar-refractivity contribution in [2.24, 2.45) is 0 Å². The minimum atomic E-state index is -0.621. The molecular formula is C10H17NOS. The van der Waals surface area contributed by atoms with Gasteiger partial charge in [0.25, 0.3) is 0 Å².